The maximum absolute atomic E-state index is 13.2. The van der Waals surface area contributed by atoms with Gasteiger partial charge < -0.3 is 14.2 Å². The Morgan fingerprint density at radius 1 is 0.941 bits per heavy atom. The van der Waals surface area contributed by atoms with Crippen molar-refractivity contribution in [3.63, 3.8) is 0 Å². The zero-order chi connectivity index (χ0) is 23.9. The van der Waals surface area contributed by atoms with Crippen LogP contribution in [0.2, 0.25) is 0 Å². The van der Waals surface area contributed by atoms with Crippen molar-refractivity contribution in [2.24, 2.45) is 0 Å². The van der Waals surface area contributed by atoms with Crippen molar-refractivity contribution in [2.45, 2.75) is 17.4 Å². The van der Waals surface area contributed by atoms with Gasteiger partial charge in [-0.3, -0.25) is 14.5 Å². The number of rotatable bonds is 5. The number of carbonyl (C=O) groups excluding carboxylic acids is 2. The highest BCUT2D eigenvalue weighted by Gasteiger charge is 2.44. The van der Waals surface area contributed by atoms with Crippen molar-refractivity contribution < 1.29 is 32.2 Å². The Bertz CT molecular complexity index is 1220. The molecule has 0 spiro atoms. The number of anilines is 1. The molecule has 34 heavy (non-hydrogen) atoms. The molecule has 0 saturated carbocycles. The number of ether oxygens (including phenoxy) is 3. The van der Waals surface area contributed by atoms with Crippen LogP contribution in [-0.4, -0.2) is 82.0 Å². The Labute approximate surface area is 197 Å². The van der Waals surface area contributed by atoms with Crippen molar-refractivity contribution in [2.75, 3.05) is 51.4 Å². The van der Waals surface area contributed by atoms with Crippen LogP contribution in [0.15, 0.2) is 47.4 Å². The smallest absolute Gasteiger partial charge is 0.251 e. The quantitative estimate of drug-likeness (QED) is 0.578. The molecular weight excluding hydrogens is 462 g/mol. The van der Waals surface area contributed by atoms with Crippen LogP contribution in [0.25, 0.3) is 0 Å². The molecule has 3 heterocycles. The summed E-state index contributed by atoms with van der Waals surface area (Å²) in [6, 6.07) is 10.8. The molecule has 2 aromatic carbocycles. The first-order valence-electron chi connectivity index (χ1n) is 11.0. The predicted molar refractivity (Wildman–Crippen MR) is 122 cm³/mol. The second kappa shape index (κ2) is 8.90. The Kier molecular flexibility index (Phi) is 5.92. The molecule has 0 N–H and O–H groups in total. The Hall–Kier alpha value is -3.15. The zero-order valence-electron chi connectivity index (χ0n) is 18.7. The highest BCUT2D eigenvalue weighted by Crippen LogP contribution is 2.34. The fourth-order valence-corrected chi connectivity index (χ4v) is 5.95. The minimum Gasteiger partial charge on any atom is -0.497 e. The molecule has 11 heteroatoms. The van der Waals surface area contributed by atoms with Gasteiger partial charge in [-0.2, -0.15) is 4.31 Å². The summed E-state index contributed by atoms with van der Waals surface area (Å²) in [5.74, 6) is 0.911. The normalized spacial score (nSPS) is 21.7. The molecule has 0 aromatic heterocycles. The first-order chi connectivity index (χ1) is 16.4. The number of sulfonamides is 1. The van der Waals surface area contributed by atoms with E-state index in [-0.39, 0.29) is 36.2 Å². The van der Waals surface area contributed by atoms with Crippen LogP contribution in [0.3, 0.4) is 0 Å². The summed E-state index contributed by atoms with van der Waals surface area (Å²) >= 11 is 0. The van der Waals surface area contributed by atoms with Gasteiger partial charge in [-0.05, 0) is 24.3 Å². The fraction of sp³-hybridized carbons (Fsp3) is 0.391. The Balaban J connectivity index is 1.27. The summed E-state index contributed by atoms with van der Waals surface area (Å²) in [4.78, 5) is 29.0. The molecule has 3 aliphatic rings. The first-order valence-corrected chi connectivity index (χ1v) is 12.5. The van der Waals surface area contributed by atoms with E-state index in [1.165, 1.54) is 28.4 Å². The molecule has 2 amide bonds. The van der Waals surface area contributed by atoms with Crippen LogP contribution in [0.1, 0.15) is 6.42 Å². The minimum atomic E-state index is -3.73. The lowest BCUT2D eigenvalue weighted by Crippen LogP contribution is -2.53. The number of amides is 2. The number of benzene rings is 2. The molecule has 0 unspecified atom stereocenters. The van der Waals surface area contributed by atoms with Gasteiger partial charge in [-0.25, -0.2) is 13.3 Å². The average Bonchev–Trinajstić information content (AvgIpc) is 3.17. The summed E-state index contributed by atoms with van der Waals surface area (Å²) < 4.78 is 44.0. The second-order valence-corrected chi connectivity index (χ2v) is 10.2. The monoisotopic (exact) mass is 487 g/mol. The number of methoxy groups -OCH3 is 1. The minimum absolute atomic E-state index is 0.0605. The van der Waals surface area contributed by atoms with Crippen molar-refractivity contribution in [3.05, 3.63) is 42.5 Å². The maximum Gasteiger partial charge on any atom is 0.251 e. The first kappa shape index (κ1) is 22.6. The lowest BCUT2D eigenvalue weighted by Gasteiger charge is -2.36. The largest absolute Gasteiger partial charge is 0.497 e. The molecule has 10 nitrogen and oxygen atoms in total. The van der Waals surface area contributed by atoms with Gasteiger partial charge in [-0.1, -0.05) is 6.07 Å². The predicted octanol–water partition coefficient (Wildman–Crippen LogP) is 1.10. The number of hydrogen-bond acceptors (Lipinski definition) is 8. The van der Waals surface area contributed by atoms with E-state index in [1.807, 2.05) is 4.90 Å². The summed E-state index contributed by atoms with van der Waals surface area (Å²) in [6.45, 7) is 1.93. The molecular formula is C23H25N3O7S. The van der Waals surface area contributed by atoms with Crippen LogP contribution < -0.4 is 19.1 Å². The molecule has 5 rings (SSSR count). The Morgan fingerprint density at radius 2 is 1.68 bits per heavy atom. The standard InChI is InChI=1S/C23H25N3O7S/c1-31-17-4-2-3-16(13-17)26-22(27)15-19(23(26)28)24-7-9-25(10-8-24)34(29,30)18-5-6-20-21(14-18)33-12-11-32-20/h2-6,13-14,19H,7-12,15H2,1H3/t19-/m0/s1. The number of imide groups is 1. The number of piperazine rings is 1. The SMILES string of the molecule is COc1cccc(N2C(=O)C[C@H](N3CCN(S(=O)(=O)c4ccc5c(c4)OCCO5)CC3)C2=O)c1. The molecule has 2 aromatic rings. The van der Waals surface area contributed by atoms with Crippen LogP contribution >= 0.6 is 0 Å². The van der Waals surface area contributed by atoms with Crippen LogP contribution in [0.5, 0.6) is 17.2 Å². The fourth-order valence-electron chi connectivity index (χ4n) is 4.51. The molecule has 0 bridgehead atoms. The number of hydrogen-bond donors (Lipinski definition) is 0. The van der Waals surface area contributed by atoms with Gasteiger partial charge in [-0.15, -0.1) is 0 Å². The van der Waals surface area contributed by atoms with E-state index < -0.39 is 16.1 Å². The topological polar surface area (TPSA) is 106 Å². The van der Waals surface area contributed by atoms with Gasteiger partial charge in [0.15, 0.2) is 11.5 Å². The number of nitrogens with zero attached hydrogens (tertiary/aromatic N) is 3. The molecule has 2 fully saturated rings. The van der Waals surface area contributed by atoms with Crippen molar-refractivity contribution in [1.82, 2.24) is 9.21 Å². The van der Waals surface area contributed by atoms with E-state index in [4.69, 9.17) is 14.2 Å². The lowest BCUT2D eigenvalue weighted by molar-refractivity contribution is -0.123. The van der Waals surface area contributed by atoms with Crippen molar-refractivity contribution in [1.29, 1.82) is 0 Å². The van der Waals surface area contributed by atoms with E-state index >= 15 is 0 Å². The third kappa shape index (κ3) is 3.99. The maximum atomic E-state index is 13.2. The lowest BCUT2D eigenvalue weighted by atomic mass is 10.2. The third-order valence-electron chi connectivity index (χ3n) is 6.30. The Morgan fingerprint density at radius 3 is 2.41 bits per heavy atom. The van der Waals surface area contributed by atoms with E-state index in [2.05, 4.69) is 0 Å². The number of fused-ring (bicyclic) bond motifs is 1. The van der Waals surface area contributed by atoms with Gasteiger partial charge in [0, 0.05) is 38.3 Å². The molecule has 3 aliphatic heterocycles. The van der Waals surface area contributed by atoms with E-state index in [9.17, 15) is 18.0 Å². The summed E-state index contributed by atoms with van der Waals surface area (Å²) in [7, 11) is -2.21. The molecule has 1 atom stereocenters. The molecule has 2 saturated heterocycles. The molecule has 0 aliphatic carbocycles. The van der Waals surface area contributed by atoms with Crippen molar-refractivity contribution >= 4 is 27.5 Å². The van der Waals surface area contributed by atoms with Crippen LogP contribution in [0.4, 0.5) is 5.69 Å². The summed E-state index contributed by atoms with van der Waals surface area (Å²) in [5.41, 5.74) is 0.469. The van der Waals surface area contributed by atoms with Gasteiger partial charge in [0.2, 0.25) is 15.9 Å². The third-order valence-corrected chi connectivity index (χ3v) is 8.19. The highest BCUT2D eigenvalue weighted by atomic mass is 32.2. The second-order valence-electron chi connectivity index (χ2n) is 8.23. The number of carbonyl (C=O) groups is 2. The summed E-state index contributed by atoms with van der Waals surface area (Å²) in [6.07, 6.45) is 0.0605. The van der Waals surface area contributed by atoms with E-state index in [0.29, 0.717) is 49.2 Å². The zero-order valence-corrected chi connectivity index (χ0v) is 19.5. The van der Waals surface area contributed by atoms with E-state index in [1.54, 1.807) is 30.3 Å². The average molecular weight is 488 g/mol. The van der Waals surface area contributed by atoms with Crippen LogP contribution in [-0.2, 0) is 19.6 Å². The van der Waals surface area contributed by atoms with Gasteiger partial charge in [0.05, 0.1) is 30.2 Å². The molecule has 0 radical (unpaired) electrons. The highest BCUT2D eigenvalue weighted by molar-refractivity contribution is 7.89. The molecule has 180 valence electrons. The van der Waals surface area contributed by atoms with Gasteiger partial charge in [0.1, 0.15) is 19.0 Å². The van der Waals surface area contributed by atoms with E-state index in [0.717, 1.165) is 0 Å². The van der Waals surface area contributed by atoms with Gasteiger partial charge in [0.25, 0.3) is 5.91 Å². The van der Waals surface area contributed by atoms with Gasteiger partial charge >= 0.3 is 0 Å². The van der Waals surface area contributed by atoms with Crippen LogP contribution in [0, 0.1) is 0 Å². The summed E-state index contributed by atoms with van der Waals surface area (Å²) in [5, 5.41) is 0. The van der Waals surface area contributed by atoms with Crippen molar-refractivity contribution in [3.8, 4) is 17.2 Å².